The van der Waals surface area contributed by atoms with Crippen molar-refractivity contribution in [1.29, 1.82) is 0 Å². The van der Waals surface area contributed by atoms with Crippen LogP contribution in [0.5, 0.6) is 0 Å². The first-order chi connectivity index (χ1) is 13.1. The standard InChI is InChI=1S/C24H29ClF2/c1-2-3-4-5-17-6-8-18(9-7-17)14-19-15-22(26)24(23(27)16-19)20-10-12-21(25)13-11-20/h10-13,15-18H,2-9,14H2,1H3. The molecule has 2 aromatic rings. The highest BCUT2D eigenvalue weighted by Crippen LogP contribution is 2.35. The molecule has 0 spiro atoms. The predicted octanol–water partition coefficient (Wildman–Crippen LogP) is 8.21. The molecule has 0 heterocycles. The molecule has 1 fully saturated rings. The van der Waals surface area contributed by atoms with Crippen molar-refractivity contribution in [3.05, 3.63) is 58.6 Å². The normalized spacial score (nSPS) is 20.0. The zero-order valence-corrected chi connectivity index (χ0v) is 16.9. The third-order valence-electron chi connectivity index (χ3n) is 5.94. The van der Waals surface area contributed by atoms with Crippen LogP contribution < -0.4 is 0 Å². The van der Waals surface area contributed by atoms with Gasteiger partial charge in [-0.2, -0.15) is 0 Å². The number of benzene rings is 2. The van der Waals surface area contributed by atoms with Crippen LogP contribution in [-0.4, -0.2) is 0 Å². The monoisotopic (exact) mass is 390 g/mol. The molecule has 1 saturated carbocycles. The molecule has 3 rings (SSSR count). The van der Waals surface area contributed by atoms with Crippen molar-refractivity contribution in [2.75, 3.05) is 0 Å². The van der Waals surface area contributed by atoms with Gasteiger partial charge in [0.2, 0.25) is 0 Å². The minimum Gasteiger partial charge on any atom is -0.206 e. The number of hydrogen-bond donors (Lipinski definition) is 0. The van der Waals surface area contributed by atoms with Gasteiger partial charge in [0.05, 0.1) is 5.56 Å². The SMILES string of the molecule is CCCCCC1CCC(Cc2cc(F)c(-c3ccc(Cl)cc3)c(F)c2)CC1. The number of halogens is 3. The van der Waals surface area contributed by atoms with E-state index in [2.05, 4.69) is 6.92 Å². The zero-order chi connectivity index (χ0) is 19.2. The van der Waals surface area contributed by atoms with E-state index in [4.69, 9.17) is 11.6 Å². The Kier molecular flexibility index (Phi) is 7.29. The summed E-state index contributed by atoms with van der Waals surface area (Å²) in [5, 5.41) is 0.557. The maximum atomic E-state index is 14.6. The summed E-state index contributed by atoms with van der Waals surface area (Å²) in [5.74, 6) is 0.433. The average molecular weight is 391 g/mol. The predicted molar refractivity (Wildman–Crippen MR) is 110 cm³/mol. The molecule has 0 nitrogen and oxygen atoms in total. The summed E-state index contributed by atoms with van der Waals surface area (Å²) in [6, 6.07) is 9.65. The van der Waals surface area contributed by atoms with Gasteiger partial charge in [0.1, 0.15) is 11.6 Å². The lowest BCUT2D eigenvalue weighted by Crippen LogP contribution is -2.16. The van der Waals surface area contributed by atoms with E-state index in [0.29, 0.717) is 16.5 Å². The van der Waals surface area contributed by atoms with E-state index in [9.17, 15) is 8.78 Å². The fourth-order valence-electron chi connectivity index (χ4n) is 4.38. The molecule has 0 radical (unpaired) electrons. The summed E-state index contributed by atoms with van der Waals surface area (Å²) in [6.45, 7) is 2.24. The van der Waals surface area contributed by atoms with Gasteiger partial charge in [-0.05, 0) is 66.5 Å². The van der Waals surface area contributed by atoms with Crippen molar-refractivity contribution in [3.8, 4) is 11.1 Å². The summed E-state index contributed by atoms with van der Waals surface area (Å²) in [4.78, 5) is 0. The minimum atomic E-state index is -0.486. The van der Waals surface area contributed by atoms with Gasteiger partial charge in [-0.25, -0.2) is 8.78 Å². The molecule has 3 heteroatoms. The van der Waals surface area contributed by atoms with Crippen LogP contribution in [-0.2, 0) is 6.42 Å². The van der Waals surface area contributed by atoms with Crippen molar-refractivity contribution in [2.45, 2.75) is 64.7 Å². The Hall–Kier alpha value is -1.41. The van der Waals surface area contributed by atoms with Crippen LogP contribution in [0.25, 0.3) is 11.1 Å². The van der Waals surface area contributed by atoms with Gasteiger partial charge >= 0.3 is 0 Å². The Balaban J connectivity index is 1.61. The van der Waals surface area contributed by atoms with Crippen LogP contribution in [0.4, 0.5) is 8.78 Å². The third kappa shape index (κ3) is 5.54. The molecule has 0 saturated heterocycles. The fraction of sp³-hybridized carbons (Fsp3) is 0.500. The summed E-state index contributed by atoms with van der Waals surface area (Å²) in [5.41, 5.74) is 1.33. The largest absolute Gasteiger partial charge is 0.206 e. The molecule has 1 aliphatic rings. The first-order valence-corrected chi connectivity index (χ1v) is 10.7. The molecular formula is C24H29ClF2. The van der Waals surface area contributed by atoms with E-state index < -0.39 is 11.6 Å². The Morgan fingerprint density at radius 3 is 2.07 bits per heavy atom. The molecule has 0 amide bonds. The van der Waals surface area contributed by atoms with Crippen LogP contribution in [0.15, 0.2) is 36.4 Å². The Bertz CT molecular complexity index is 708. The van der Waals surface area contributed by atoms with E-state index in [-0.39, 0.29) is 5.56 Å². The van der Waals surface area contributed by atoms with Gasteiger partial charge in [-0.3, -0.25) is 0 Å². The van der Waals surface area contributed by atoms with Gasteiger partial charge in [-0.15, -0.1) is 0 Å². The molecule has 146 valence electrons. The highest BCUT2D eigenvalue weighted by Gasteiger charge is 2.22. The highest BCUT2D eigenvalue weighted by atomic mass is 35.5. The van der Waals surface area contributed by atoms with Crippen molar-refractivity contribution in [3.63, 3.8) is 0 Å². The first-order valence-electron chi connectivity index (χ1n) is 10.3. The summed E-state index contributed by atoms with van der Waals surface area (Å²) >= 11 is 5.87. The van der Waals surface area contributed by atoms with Crippen molar-refractivity contribution >= 4 is 11.6 Å². The topological polar surface area (TPSA) is 0 Å². The Labute approximate surface area is 166 Å². The van der Waals surface area contributed by atoms with E-state index in [1.165, 1.54) is 63.5 Å². The van der Waals surface area contributed by atoms with Crippen molar-refractivity contribution in [1.82, 2.24) is 0 Å². The molecule has 2 aromatic carbocycles. The average Bonchev–Trinajstić information content (AvgIpc) is 2.64. The molecule has 0 N–H and O–H groups in total. The second-order valence-corrected chi connectivity index (χ2v) is 8.46. The van der Waals surface area contributed by atoms with Crippen LogP contribution >= 0.6 is 11.6 Å². The lowest BCUT2D eigenvalue weighted by molar-refractivity contribution is 0.257. The second kappa shape index (κ2) is 9.68. The number of hydrogen-bond acceptors (Lipinski definition) is 0. The van der Waals surface area contributed by atoms with Crippen LogP contribution in [0, 0.1) is 23.5 Å². The fourth-order valence-corrected chi connectivity index (χ4v) is 4.50. The molecule has 0 unspecified atom stereocenters. The lowest BCUT2D eigenvalue weighted by Gasteiger charge is -2.28. The molecule has 0 aliphatic heterocycles. The minimum absolute atomic E-state index is 0.0371. The quantitative estimate of drug-likeness (QED) is 0.418. The Morgan fingerprint density at radius 1 is 0.889 bits per heavy atom. The third-order valence-corrected chi connectivity index (χ3v) is 6.19. The van der Waals surface area contributed by atoms with Gasteiger partial charge < -0.3 is 0 Å². The van der Waals surface area contributed by atoms with E-state index in [1.54, 1.807) is 24.3 Å². The second-order valence-electron chi connectivity index (χ2n) is 8.03. The van der Waals surface area contributed by atoms with Crippen LogP contribution in [0.1, 0.15) is 63.9 Å². The zero-order valence-electron chi connectivity index (χ0n) is 16.1. The van der Waals surface area contributed by atoms with Crippen molar-refractivity contribution in [2.24, 2.45) is 11.8 Å². The van der Waals surface area contributed by atoms with E-state index in [0.717, 1.165) is 17.9 Å². The van der Waals surface area contributed by atoms with Crippen molar-refractivity contribution < 1.29 is 8.78 Å². The lowest BCUT2D eigenvalue weighted by atomic mass is 9.77. The number of rotatable bonds is 7. The van der Waals surface area contributed by atoms with Gasteiger partial charge in [0.15, 0.2) is 0 Å². The maximum absolute atomic E-state index is 14.6. The van der Waals surface area contributed by atoms with Gasteiger partial charge in [0, 0.05) is 5.02 Å². The van der Waals surface area contributed by atoms with Crippen LogP contribution in [0.2, 0.25) is 5.02 Å². The highest BCUT2D eigenvalue weighted by molar-refractivity contribution is 6.30. The van der Waals surface area contributed by atoms with Crippen LogP contribution in [0.3, 0.4) is 0 Å². The first kappa shape index (κ1) is 20.3. The molecule has 27 heavy (non-hydrogen) atoms. The summed E-state index contributed by atoms with van der Waals surface area (Å²) < 4.78 is 29.2. The Morgan fingerprint density at radius 2 is 1.48 bits per heavy atom. The smallest absolute Gasteiger partial charge is 0.134 e. The van der Waals surface area contributed by atoms with E-state index >= 15 is 0 Å². The number of unbranched alkanes of at least 4 members (excludes halogenated alkanes) is 2. The maximum Gasteiger partial charge on any atom is 0.134 e. The molecule has 0 bridgehead atoms. The summed E-state index contributed by atoms with van der Waals surface area (Å²) in [7, 11) is 0. The molecule has 1 aliphatic carbocycles. The van der Waals surface area contributed by atoms with Gasteiger partial charge in [-0.1, -0.05) is 69.2 Å². The summed E-state index contributed by atoms with van der Waals surface area (Å²) in [6.07, 6.45) is 11.0. The van der Waals surface area contributed by atoms with Gasteiger partial charge in [0.25, 0.3) is 0 Å². The molecular weight excluding hydrogens is 362 g/mol. The molecule has 0 atom stereocenters. The molecule has 0 aromatic heterocycles. The van der Waals surface area contributed by atoms with E-state index in [1.807, 2.05) is 0 Å².